The Bertz CT molecular complexity index is 244. The lowest BCUT2D eigenvalue weighted by molar-refractivity contribution is 0.132. The largest absolute Gasteiger partial charge is 0.390 e. The fourth-order valence-corrected chi connectivity index (χ4v) is 2.49. The van der Waals surface area contributed by atoms with Crippen LogP contribution in [0.5, 0.6) is 0 Å². The molecule has 1 rings (SSSR count). The van der Waals surface area contributed by atoms with Crippen molar-refractivity contribution in [2.75, 3.05) is 18.6 Å². The average molecular weight is 207 g/mol. The molecule has 1 heterocycles. The van der Waals surface area contributed by atoms with Gasteiger partial charge in [0.25, 0.3) is 0 Å². The van der Waals surface area contributed by atoms with E-state index >= 15 is 0 Å². The van der Waals surface area contributed by atoms with Crippen LogP contribution >= 0.6 is 0 Å². The van der Waals surface area contributed by atoms with Crippen molar-refractivity contribution >= 4 is 9.84 Å². The summed E-state index contributed by atoms with van der Waals surface area (Å²) >= 11 is 0. The molecular weight excluding hydrogens is 190 g/mol. The standard InChI is InChI=1S/C8H17NO3S/c1-13(11,12)6-8(10)7-4-2-3-5-9-7/h7-10H,2-6H2,1H3. The lowest BCUT2D eigenvalue weighted by atomic mass is 10.0. The highest BCUT2D eigenvalue weighted by Gasteiger charge is 2.23. The van der Waals surface area contributed by atoms with Crippen molar-refractivity contribution in [1.82, 2.24) is 5.32 Å². The van der Waals surface area contributed by atoms with Crippen molar-refractivity contribution in [1.29, 1.82) is 0 Å². The molecule has 1 saturated heterocycles. The summed E-state index contributed by atoms with van der Waals surface area (Å²) in [5.41, 5.74) is 0. The summed E-state index contributed by atoms with van der Waals surface area (Å²) in [6.07, 6.45) is 3.45. The van der Waals surface area contributed by atoms with Gasteiger partial charge in [0.1, 0.15) is 9.84 Å². The molecule has 1 fully saturated rings. The summed E-state index contributed by atoms with van der Waals surface area (Å²) < 4.78 is 21.8. The van der Waals surface area contributed by atoms with Gasteiger partial charge >= 0.3 is 0 Å². The van der Waals surface area contributed by atoms with Crippen LogP contribution in [0.4, 0.5) is 0 Å². The van der Waals surface area contributed by atoms with Gasteiger partial charge < -0.3 is 10.4 Å². The second kappa shape index (κ2) is 4.39. The fourth-order valence-electron chi connectivity index (χ4n) is 1.63. The summed E-state index contributed by atoms with van der Waals surface area (Å²) in [7, 11) is -3.06. The molecule has 0 saturated carbocycles. The summed E-state index contributed by atoms with van der Waals surface area (Å²) in [5.74, 6) is -0.134. The maximum Gasteiger partial charge on any atom is 0.150 e. The topological polar surface area (TPSA) is 66.4 Å². The lowest BCUT2D eigenvalue weighted by Crippen LogP contribution is -2.45. The van der Waals surface area contributed by atoms with Gasteiger partial charge in [-0.1, -0.05) is 6.42 Å². The van der Waals surface area contributed by atoms with Gasteiger partial charge in [0.2, 0.25) is 0 Å². The zero-order chi connectivity index (χ0) is 9.90. The Labute approximate surface area is 79.3 Å². The summed E-state index contributed by atoms with van der Waals surface area (Å²) in [4.78, 5) is 0. The van der Waals surface area contributed by atoms with Gasteiger partial charge in [-0.2, -0.15) is 0 Å². The second-order valence-electron chi connectivity index (χ2n) is 3.72. The van der Waals surface area contributed by atoms with Crippen molar-refractivity contribution in [2.45, 2.75) is 31.4 Å². The number of hydrogen-bond acceptors (Lipinski definition) is 4. The maximum absolute atomic E-state index is 10.9. The summed E-state index contributed by atoms with van der Waals surface area (Å²) in [6.45, 7) is 0.880. The third kappa shape index (κ3) is 4.06. The Balaban J connectivity index is 2.42. The molecule has 0 radical (unpaired) electrons. The first-order chi connectivity index (χ1) is 5.99. The quantitative estimate of drug-likeness (QED) is 0.657. The molecule has 1 aliphatic rings. The first-order valence-corrected chi connectivity index (χ1v) is 6.64. The fraction of sp³-hybridized carbons (Fsp3) is 1.00. The molecule has 2 atom stereocenters. The third-order valence-corrected chi connectivity index (χ3v) is 3.23. The molecule has 0 aliphatic carbocycles. The first-order valence-electron chi connectivity index (χ1n) is 4.58. The van der Waals surface area contributed by atoms with Crippen LogP contribution in [0, 0.1) is 0 Å². The Morgan fingerprint density at radius 3 is 2.69 bits per heavy atom. The normalized spacial score (nSPS) is 27.1. The minimum absolute atomic E-state index is 0.0384. The Morgan fingerprint density at radius 2 is 2.23 bits per heavy atom. The highest BCUT2D eigenvalue weighted by atomic mass is 32.2. The molecule has 0 amide bonds. The van der Waals surface area contributed by atoms with Crippen LogP contribution in [-0.4, -0.2) is 44.2 Å². The predicted octanol–water partition coefficient (Wildman–Crippen LogP) is -0.466. The summed E-state index contributed by atoms with van der Waals surface area (Å²) in [5, 5.41) is 12.7. The number of sulfone groups is 1. The van der Waals surface area contributed by atoms with Crippen LogP contribution in [-0.2, 0) is 9.84 Å². The minimum Gasteiger partial charge on any atom is -0.390 e. The van der Waals surface area contributed by atoms with E-state index in [-0.39, 0.29) is 11.8 Å². The van der Waals surface area contributed by atoms with Crippen molar-refractivity contribution in [2.24, 2.45) is 0 Å². The van der Waals surface area contributed by atoms with Gasteiger partial charge in [0.15, 0.2) is 0 Å². The molecule has 0 aromatic rings. The van der Waals surface area contributed by atoms with Gasteiger partial charge in [-0.25, -0.2) is 8.42 Å². The first kappa shape index (κ1) is 10.9. The molecule has 2 unspecified atom stereocenters. The zero-order valence-corrected chi connectivity index (χ0v) is 8.68. The smallest absolute Gasteiger partial charge is 0.150 e. The number of rotatable bonds is 3. The molecule has 0 aromatic heterocycles. The maximum atomic E-state index is 10.9. The molecule has 0 spiro atoms. The number of aliphatic hydroxyl groups is 1. The van der Waals surface area contributed by atoms with Crippen LogP contribution in [0.3, 0.4) is 0 Å². The average Bonchev–Trinajstić information content (AvgIpc) is 2.03. The van der Waals surface area contributed by atoms with Crippen LogP contribution in [0.2, 0.25) is 0 Å². The van der Waals surface area contributed by atoms with E-state index in [2.05, 4.69) is 5.32 Å². The van der Waals surface area contributed by atoms with Crippen molar-refractivity contribution in [3.8, 4) is 0 Å². The van der Waals surface area contributed by atoms with E-state index in [1.54, 1.807) is 0 Å². The predicted molar refractivity (Wildman–Crippen MR) is 51.4 cm³/mol. The van der Waals surface area contributed by atoms with Crippen molar-refractivity contribution < 1.29 is 13.5 Å². The van der Waals surface area contributed by atoms with E-state index in [1.807, 2.05) is 0 Å². The number of nitrogens with one attached hydrogen (secondary N) is 1. The van der Waals surface area contributed by atoms with E-state index in [0.29, 0.717) is 0 Å². The van der Waals surface area contributed by atoms with Crippen LogP contribution in [0.15, 0.2) is 0 Å². The molecular formula is C8H17NO3S. The molecule has 78 valence electrons. The van der Waals surface area contributed by atoms with E-state index in [1.165, 1.54) is 0 Å². The van der Waals surface area contributed by atoms with Gasteiger partial charge in [-0.05, 0) is 19.4 Å². The number of piperidine rings is 1. The number of aliphatic hydroxyl groups excluding tert-OH is 1. The van der Waals surface area contributed by atoms with E-state index in [4.69, 9.17) is 0 Å². The van der Waals surface area contributed by atoms with Crippen LogP contribution < -0.4 is 5.32 Å². The van der Waals surface area contributed by atoms with E-state index < -0.39 is 15.9 Å². The molecule has 2 N–H and O–H groups in total. The van der Waals surface area contributed by atoms with Gasteiger partial charge in [0.05, 0.1) is 11.9 Å². The van der Waals surface area contributed by atoms with Gasteiger partial charge in [-0.3, -0.25) is 0 Å². The zero-order valence-electron chi connectivity index (χ0n) is 7.86. The van der Waals surface area contributed by atoms with E-state index in [9.17, 15) is 13.5 Å². The van der Waals surface area contributed by atoms with Crippen molar-refractivity contribution in [3.05, 3.63) is 0 Å². The molecule has 5 heteroatoms. The minimum atomic E-state index is -3.06. The van der Waals surface area contributed by atoms with Crippen LogP contribution in [0.25, 0.3) is 0 Å². The molecule has 4 nitrogen and oxygen atoms in total. The second-order valence-corrected chi connectivity index (χ2v) is 5.90. The SMILES string of the molecule is CS(=O)(=O)CC(O)C1CCCCN1. The van der Waals surface area contributed by atoms with Gasteiger partial charge in [-0.15, -0.1) is 0 Å². The Kier molecular flexibility index (Phi) is 3.70. The third-order valence-electron chi connectivity index (χ3n) is 2.29. The highest BCUT2D eigenvalue weighted by molar-refractivity contribution is 7.90. The van der Waals surface area contributed by atoms with E-state index in [0.717, 1.165) is 32.1 Å². The Hall–Kier alpha value is -0.130. The lowest BCUT2D eigenvalue weighted by Gasteiger charge is -2.27. The van der Waals surface area contributed by atoms with Gasteiger partial charge in [0, 0.05) is 12.3 Å². The molecule has 13 heavy (non-hydrogen) atoms. The summed E-state index contributed by atoms with van der Waals surface area (Å²) in [6, 6.07) is -0.0384. The number of hydrogen-bond donors (Lipinski definition) is 2. The Morgan fingerprint density at radius 1 is 1.54 bits per heavy atom. The highest BCUT2D eigenvalue weighted by Crippen LogP contribution is 2.11. The monoisotopic (exact) mass is 207 g/mol. The molecule has 0 aromatic carbocycles. The molecule has 0 bridgehead atoms. The van der Waals surface area contributed by atoms with Crippen LogP contribution in [0.1, 0.15) is 19.3 Å². The molecule has 1 aliphatic heterocycles. The van der Waals surface area contributed by atoms with Crippen molar-refractivity contribution in [3.63, 3.8) is 0 Å².